The second-order valence-electron chi connectivity index (χ2n) is 5.20. The summed E-state index contributed by atoms with van der Waals surface area (Å²) in [4.78, 5) is 2.27. The molecule has 0 spiro atoms. The highest BCUT2D eigenvalue weighted by atomic mass is 35.5. The van der Waals surface area contributed by atoms with Gasteiger partial charge in [-0.15, -0.1) is 0 Å². The molecule has 1 heterocycles. The Morgan fingerprint density at radius 1 is 1.45 bits per heavy atom. The fourth-order valence-corrected chi connectivity index (χ4v) is 2.51. The smallest absolute Gasteiger partial charge is 0.121 e. The number of benzene rings is 1. The van der Waals surface area contributed by atoms with Gasteiger partial charge in [0.25, 0.3) is 0 Å². The first-order valence-corrected chi connectivity index (χ1v) is 7.48. The van der Waals surface area contributed by atoms with Crippen molar-refractivity contribution in [3.63, 3.8) is 0 Å². The second-order valence-corrected chi connectivity index (χ2v) is 6.01. The lowest BCUT2D eigenvalue weighted by Gasteiger charge is -2.17. The Bertz CT molecular complexity index is 445. The Kier molecular flexibility index (Phi) is 5.93. The number of halogens is 2. The lowest BCUT2D eigenvalue weighted by atomic mass is 10.2. The number of aliphatic hydroxyl groups is 1. The van der Waals surface area contributed by atoms with Gasteiger partial charge in [0, 0.05) is 25.2 Å². The van der Waals surface area contributed by atoms with Crippen molar-refractivity contribution >= 4 is 23.2 Å². The van der Waals surface area contributed by atoms with E-state index >= 15 is 0 Å². The van der Waals surface area contributed by atoms with Gasteiger partial charge >= 0.3 is 0 Å². The molecule has 0 radical (unpaired) electrons. The number of hydrogen-bond donors (Lipinski definition) is 2. The van der Waals surface area contributed by atoms with E-state index in [1.165, 1.54) is 0 Å². The van der Waals surface area contributed by atoms with Crippen LogP contribution >= 0.6 is 23.2 Å². The van der Waals surface area contributed by atoms with Gasteiger partial charge in [0.1, 0.15) is 18.5 Å². The summed E-state index contributed by atoms with van der Waals surface area (Å²) >= 11 is 11.7. The lowest BCUT2D eigenvalue weighted by Crippen LogP contribution is -2.39. The van der Waals surface area contributed by atoms with Crippen molar-refractivity contribution in [2.75, 3.05) is 33.3 Å². The summed E-state index contributed by atoms with van der Waals surface area (Å²) in [7, 11) is 2.10. The molecule has 2 atom stereocenters. The molecule has 1 aliphatic rings. The van der Waals surface area contributed by atoms with Gasteiger partial charge in [0.2, 0.25) is 0 Å². The molecule has 1 aromatic carbocycles. The van der Waals surface area contributed by atoms with Crippen molar-refractivity contribution in [2.24, 2.45) is 0 Å². The van der Waals surface area contributed by atoms with Gasteiger partial charge in [-0.2, -0.15) is 0 Å². The van der Waals surface area contributed by atoms with Crippen LogP contribution in [0.4, 0.5) is 0 Å². The molecule has 0 bridgehead atoms. The molecular formula is C14H20Cl2N2O2. The number of ether oxygens (including phenoxy) is 1. The van der Waals surface area contributed by atoms with E-state index in [1.807, 2.05) is 0 Å². The number of aliphatic hydroxyl groups excluding tert-OH is 1. The van der Waals surface area contributed by atoms with Crippen LogP contribution in [0.25, 0.3) is 0 Å². The predicted molar refractivity (Wildman–Crippen MR) is 81.9 cm³/mol. The first-order chi connectivity index (χ1) is 9.54. The Labute approximate surface area is 129 Å². The molecule has 0 aliphatic carbocycles. The highest BCUT2D eigenvalue weighted by Gasteiger charge is 2.19. The molecule has 2 rings (SSSR count). The number of likely N-dealkylation sites (N-methyl/N-ethyl adjacent to an activating group) is 1. The van der Waals surface area contributed by atoms with E-state index in [2.05, 4.69) is 17.3 Å². The van der Waals surface area contributed by atoms with Gasteiger partial charge in [0.05, 0.1) is 10.0 Å². The SMILES string of the molecule is CN1CCC(NCC(O)COc2ccc(Cl)c(Cl)c2)C1. The molecule has 0 aromatic heterocycles. The van der Waals surface area contributed by atoms with Crippen LogP contribution < -0.4 is 10.1 Å². The van der Waals surface area contributed by atoms with Gasteiger partial charge in [-0.3, -0.25) is 0 Å². The average Bonchev–Trinajstić information content (AvgIpc) is 2.83. The standard InChI is InChI=1S/C14H20Cl2N2O2/c1-18-5-4-10(8-18)17-7-11(19)9-20-12-2-3-13(15)14(16)6-12/h2-3,6,10-11,17,19H,4-5,7-9H2,1H3. The van der Waals surface area contributed by atoms with Crippen LogP contribution in [0.1, 0.15) is 6.42 Å². The van der Waals surface area contributed by atoms with E-state index < -0.39 is 6.10 Å². The molecular weight excluding hydrogens is 299 g/mol. The summed E-state index contributed by atoms with van der Waals surface area (Å²) in [5.74, 6) is 0.610. The zero-order valence-corrected chi connectivity index (χ0v) is 13.0. The lowest BCUT2D eigenvalue weighted by molar-refractivity contribution is 0.104. The number of nitrogens with zero attached hydrogens (tertiary/aromatic N) is 1. The van der Waals surface area contributed by atoms with Crippen molar-refractivity contribution in [1.29, 1.82) is 0 Å². The van der Waals surface area contributed by atoms with E-state index in [-0.39, 0.29) is 6.61 Å². The maximum Gasteiger partial charge on any atom is 0.121 e. The van der Waals surface area contributed by atoms with Gasteiger partial charge in [-0.1, -0.05) is 23.2 Å². The Morgan fingerprint density at radius 3 is 2.90 bits per heavy atom. The van der Waals surface area contributed by atoms with Crippen molar-refractivity contribution in [2.45, 2.75) is 18.6 Å². The van der Waals surface area contributed by atoms with E-state index in [0.717, 1.165) is 19.5 Å². The first-order valence-electron chi connectivity index (χ1n) is 6.72. The predicted octanol–water partition coefficient (Wildman–Crippen LogP) is 2.03. The summed E-state index contributed by atoms with van der Waals surface area (Å²) < 4.78 is 5.50. The van der Waals surface area contributed by atoms with Crippen molar-refractivity contribution < 1.29 is 9.84 Å². The van der Waals surface area contributed by atoms with Crippen LogP contribution in [0.15, 0.2) is 18.2 Å². The zero-order valence-electron chi connectivity index (χ0n) is 11.5. The fraction of sp³-hybridized carbons (Fsp3) is 0.571. The molecule has 1 saturated heterocycles. The first kappa shape index (κ1) is 15.9. The molecule has 0 saturated carbocycles. The highest BCUT2D eigenvalue weighted by molar-refractivity contribution is 6.42. The molecule has 0 amide bonds. The zero-order chi connectivity index (χ0) is 14.5. The number of nitrogens with one attached hydrogen (secondary N) is 1. The normalized spacial score (nSPS) is 21.1. The largest absolute Gasteiger partial charge is 0.491 e. The quantitative estimate of drug-likeness (QED) is 0.842. The van der Waals surface area contributed by atoms with Gasteiger partial charge in [-0.25, -0.2) is 0 Å². The molecule has 20 heavy (non-hydrogen) atoms. The number of likely N-dealkylation sites (tertiary alicyclic amines) is 1. The molecule has 4 nitrogen and oxygen atoms in total. The summed E-state index contributed by atoms with van der Waals surface area (Å²) in [5, 5.41) is 14.2. The van der Waals surface area contributed by atoms with Crippen LogP contribution in [-0.2, 0) is 0 Å². The Hall–Kier alpha value is -0.520. The summed E-state index contributed by atoms with van der Waals surface area (Å²) in [6.07, 6.45) is 0.576. The van der Waals surface area contributed by atoms with Crippen LogP contribution in [0.3, 0.4) is 0 Å². The summed E-state index contributed by atoms with van der Waals surface area (Å²) in [6, 6.07) is 5.52. The molecule has 2 N–H and O–H groups in total. The molecule has 112 valence electrons. The van der Waals surface area contributed by atoms with E-state index in [9.17, 15) is 5.11 Å². The van der Waals surface area contributed by atoms with Crippen LogP contribution in [0.5, 0.6) is 5.75 Å². The molecule has 1 aromatic rings. The minimum atomic E-state index is -0.546. The van der Waals surface area contributed by atoms with Gasteiger partial charge in [0.15, 0.2) is 0 Å². The minimum Gasteiger partial charge on any atom is -0.491 e. The number of rotatable bonds is 6. The van der Waals surface area contributed by atoms with Crippen molar-refractivity contribution in [3.05, 3.63) is 28.2 Å². The van der Waals surface area contributed by atoms with Crippen LogP contribution in [-0.4, -0.2) is 55.4 Å². The summed E-state index contributed by atoms with van der Waals surface area (Å²) in [5.41, 5.74) is 0. The topological polar surface area (TPSA) is 44.7 Å². The van der Waals surface area contributed by atoms with E-state index in [1.54, 1.807) is 18.2 Å². The Balaban J connectivity index is 1.69. The van der Waals surface area contributed by atoms with E-state index in [4.69, 9.17) is 27.9 Å². The van der Waals surface area contributed by atoms with Crippen LogP contribution in [0, 0.1) is 0 Å². The van der Waals surface area contributed by atoms with Crippen molar-refractivity contribution in [1.82, 2.24) is 10.2 Å². The fourth-order valence-electron chi connectivity index (χ4n) is 2.22. The third-order valence-electron chi connectivity index (χ3n) is 3.37. The number of hydrogen-bond acceptors (Lipinski definition) is 4. The Morgan fingerprint density at radius 2 is 2.25 bits per heavy atom. The van der Waals surface area contributed by atoms with Gasteiger partial charge in [-0.05, 0) is 32.1 Å². The third kappa shape index (κ3) is 4.79. The van der Waals surface area contributed by atoms with E-state index in [0.29, 0.717) is 28.4 Å². The monoisotopic (exact) mass is 318 g/mol. The van der Waals surface area contributed by atoms with Crippen molar-refractivity contribution in [3.8, 4) is 5.75 Å². The highest BCUT2D eigenvalue weighted by Crippen LogP contribution is 2.26. The molecule has 2 unspecified atom stereocenters. The van der Waals surface area contributed by atoms with Gasteiger partial charge < -0.3 is 20.1 Å². The minimum absolute atomic E-state index is 0.230. The summed E-state index contributed by atoms with van der Waals surface area (Å²) in [6.45, 7) is 2.89. The maximum atomic E-state index is 9.90. The molecule has 1 fully saturated rings. The second kappa shape index (κ2) is 7.48. The maximum absolute atomic E-state index is 9.90. The average molecular weight is 319 g/mol. The van der Waals surface area contributed by atoms with Crippen LogP contribution in [0.2, 0.25) is 10.0 Å². The third-order valence-corrected chi connectivity index (χ3v) is 4.11. The molecule has 6 heteroatoms. The molecule has 1 aliphatic heterocycles.